The highest BCUT2D eigenvalue weighted by atomic mass is 35.5. The van der Waals surface area contributed by atoms with E-state index >= 15 is 0 Å². The van der Waals surface area contributed by atoms with Gasteiger partial charge in [-0.1, -0.05) is 29.3 Å². The second-order valence-electron chi connectivity index (χ2n) is 5.66. The van der Waals surface area contributed by atoms with Gasteiger partial charge in [-0.3, -0.25) is 0 Å². The summed E-state index contributed by atoms with van der Waals surface area (Å²) < 4.78 is 5.01. The molecule has 0 aliphatic rings. The standard InChI is InChI=1S/C19H17Cl2N5O2/c1-2-28-19(27)11-4-3-5-13(8-11)25-17-16(22)18(24-10-23-17)26-15-9-12(20)6-7-14(15)21/h3-10H,2,22H2,1H3,(H2,23,24,25,26). The zero-order valence-electron chi connectivity index (χ0n) is 14.9. The summed E-state index contributed by atoms with van der Waals surface area (Å²) in [5.74, 6) is 0.333. The summed E-state index contributed by atoms with van der Waals surface area (Å²) in [5, 5.41) is 7.12. The van der Waals surface area contributed by atoms with E-state index in [1.807, 2.05) is 0 Å². The average molecular weight is 418 g/mol. The van der Waals surface area contributed by atoms with E-state index in [2.05, 4.69) is 20.6 Å². The summed E-state index contributed by atoms with van der Waals surface area (Å²) in [7, 11) is 0. The van der Waals surface area contributed by atoms with Crippen LogP contribution in [0, 0.1) is 0 Å². The monoisotopic (exact) mass is 417 g/mol. The van der Waals surface area contributed by atoms with Gasteiger partial charge in [-0.05, 0) is 43.3 Å². The quantitative estimate of drug-likeness (QED) is 0.483. The lowest BCUT2D eigenvalue weighted by Gasteiger charge is -2.14. The molecular weight excluding hydrogens is 401 g/mol. The zero-order valence-corrected chi connectivity index (χ0v) is 16.4. The molecule has 0 saturated heterocycles. The molecule has 2 aromatic carbocycles. The van der Waals surface area contributed by atoms with Gasteiger partial charge >= 0.3 is 5.97 Å². The van der Waals surface area contributed by atoms with E-state index in [1.54, 1.807) is 49.4 Å². The third-order valence-corrected chi connectivity index (χ3v) is 4.27. The Morgan fingerprint density at radius 2 is 1.86 bits per heavy atom. The van der Waals surface area contributed by atoms with Gasteiger partial charge in [0.1, 0.15) is 12.0 Å². The maximum atomic E-state index is 11.9. The Hall–Kier alpha value is -3.03. The number of ether oxygens (including phenoxy) is 1. The lowest BCUT2D eigenvalue weighted by atomic mass is 10.2. The van der Waals surface area contributed by atoms with Gasteiger partial charge < -0.3 is 21.1 Å². The number of hydrogen-bond acceptors (Lipinski definition) is 7. The highest BCUT2D eigenvalue weighted by molar-refractivity contribution is 6.35. The molecule has 28 heavy (non-hydrogen) atoms. The summed E-state index contributed by atoms with van der Waals surface area (Å²) in [6.45, 7) is 2.05. The van der Waals surface area contributed by atoms with Gasteiger partial charge in [0, 0.05) is 10.7 Å². The van der Waals surface area contributed by atoms with E-state index in [0.29, 0.717) is 45.2 Å². The molecule has 1 aromatic heterocycles. The molecule has 0 bridgehead atoms. The molecule has 144 valence electrons. The first-order valence-electron chi connectivity index (χ1n) is 8.34. The van der Waals surface area contributed by atoms with Gasteiger partial charge in [0.2, 0.25) is 0 Å². The number of carbonyl (C=O) groups is 1. The van der Waals surface area contributed by atoms with Crippen LogP contribution in [0.25, 0.3) is 0 Å². The first kappa shape index (κ1) is 19.7. The summed E-state index contributed by atoms with van der Waals surface area (Å²) >= 11 is 12.2. The number of halogens is 2. The minimum absolute atomic E-state index is 0.278. The molecule has 0 spiro atoms. The number of anilines is 5. The third-order valence-electron chi connectivity index (χ3n) is 3.70. The maximum absolute atomic E-state index is 11.9. The average Bonchev–Trinajstić information content (AvgIpc) is 2.68. The fourth-order valence-electron chi connectivity index (χ4n) is 2.39. The largest absolute Gasteiger partial charge is 0.462 e. The Balaban J connectivity index is 1.85. The predicted molar refractivity (Wildman–Crippen MR) is 112 cm³/mol. The Labute approximate surface area is 171 Å². The maximum Gasteiger partial charge on any atom is 0.338 e. The van der Waals surface area contributed by atoms with Crippen LogP contribution in [0.15, 0.2) is 48.8 Å². The van der Waals surface area contributed by atoms with Gasteiger partial charge in [0.05, 0.1) is 22.9 Å². The fourth-order valence-corrected chi connectivity index (χ4v) is 2.73. The zero-order chi connectivity index (χ0) is 20.1. The molecule has 0 unspecified atom stereocenters. The van der Waals surface area contributed by atoms with E-state index in [0.717, 1.165) is 0 Å². The SMILES string of the molecule is CCOC(=O)c1cccc(Nc2ncnc(Nc3cc(Cl)ccc3Cl)c2N)c1. The molecule has 0 radical (unpaired) electrons. The van der Waals surface area contributed by atoms with Gasteiger partial charge in [0.25, 0.3) is 0 Å². The van der Waals surface area contributed by atoms with Crippen molar-refractivity contribution in [3.8, 4) is 0 Å². The number of nitrogens with one attached hydrogen (secondary N) is 2. The van der Waals surface area contributed by atoms with Crippen molar-refractivity contribution in [3.63, 3.8) is 0 Å². The van der Waals surface area contributed by atoms with Crippen molar-refractivity contribution in [2.45, 2.75) is 6.92 Å². The van der Waals surface area contributed by atoms with Crippen molar-refractivity contribution in [1.29, 1.82) is 0 Å². The van der Waals surface area contributed by atoms with Crippen LogP contribution in [-0.2, 0) is 4.74 Å². The molecule has 9 heteroatoms. The second-order valence-corrected chi connectivity index (χ2v) is 6.50. The first-order chi connectivity index (χ1) is 13.5. The lowest BCUT2D eigenvalue weighted by Crippen LogP contribution is -2.07. The molecule has 0 saturated carbocycles. The van der Waals surface area contributed by atoms with Gasteiger partial charge in [0.15, 0.2) is 11.6 Å². The molecule has 3 aromatic rings. The Bertz CT molecular complexity index is 1010. The van der Waals surface area contributed by atoms with E-state index in [9.17, 15) is 4.79 Å². The minimum Gasteiger partial charge on any atom is -0.462 e. The molecule has 0 aliphatic heterocycles. The van der Waals surface area contributed by atoms with Crippen LogP contribution in [0.4, 0.5) is 28.7 Å². The van der Waals surface area contributed by atoms with Crippen LogP contribution < -0.4 is 16.4 Å². The highest BCUT2D eigenvalue weighted by Gasteiger charge is 2.12. The number of aromatic nitrogens is 2. The van der Waals surface area contributed by atoms with Crippen molar-refractivity contribution in [2.24, 2.45) is 0 Å². The van der Waals surface area contributed by atoms with E-state index in [4.69, 9.17) is 33.7 Å². The number of nitrogen functional groups attached to an aromatic ring is 1. The lowest BCUT2D eigenvalue weighted by molar-refractivity contribution is 0.0526. The van der Waals surface area contributed by atoms with Crippen LogP contribution >= 0.6 is 23.2 Å². The van der Waals surface area contributed by atoms with Gasteiger partial charge in [-0.25, -0.2) is 14.8 Å². The van der Waals surface area contributed by atoms with Crippen LogP contribution in [-0.4, -0.2) is 22.5 Å². The highest BCUT2D eigenvalue weighted by Crippen LogP contribution is 2.32. The molecule has 0 aliphatic carbocycles. The van der Waals surface area contributed by atoms with Crippen molar-refractivity contribution < 1.29 is 9.53 Å². The fraction of sp³-hybridized carbons (Fsp3) is 0.105. The Kier molecular flexibility index (Phi) is 6.18. The summed E-state index contributed by atoms with van der Waals surface area (Å²) in [6.07, 6.45) is 1.36. The Morgan fingerprint density at radius 1 is 1.11 bits per heavy atom. The number of rotatable bonds is 6. The minimum atomic E-state index is -0.403. The molecule has 4 N–H and O–H groups in total. The van der Waals surface area contributed by atoms with E-state index < -0.39 is 5.97 Å². The molecule has 0 fully saturated rings. The number of benzene rings is 2. The number of esters is 1. The van der Waals surface area contributed by atoms with Crippen LogP contribution in [0.2, 0.25) is 10.0 Å². The summed E-state index contributed by atoms with van der Waals surface area (Å²) in [5.41, 5.74) is 8.08. The van der Waals surface area contributed by atoms with Crippen molar-refractivity contribution >= 4 is 57.9 Å². The van der Waals surface area contributed by atoms with Gasteiger partial charge in [-0.15, -0.1) is 0 Å². The molecule has 7 nitrogen and oxygen atoms in total. The van der Waals surface area contributed by atoms with Crippen molar-refractivity contribution in [1.82, 2.24) is 9.97 Å². The summed E-state index contributed by atoms with van der Waals surface area (Å²) in [4.78, 5) is 20.2. The molecule has 1 heterocycles. The molecule has 0 atom stereocenters. The smallest absolute Gasteiger partial charge is 0.338 e. The van der Waals surface area contributed by atoms with E-state index in [-0.39, 0.29) is 5.69 Å². The van der Waals surface area contributed by atoms with Crippen molar-refractivity contribution in [2.75, 3.05) is 23.0 Å². The normalized spacial score (nSPS) is 10.4. The summed E-state index contributed by atoms with van der Waals surface area (Å²) in [6, 6.07) is 11.9. The Morgan fingerprint density at radius 3 is 2.61 bits per heavy atom. The third kappa shape index (κ3) is 4.62. The van der Waals surface area contributed by atoms with Gasteiger partial charge in [-0.2, -0.15) is 0 Å². The number of nitrogens with zero attached hydrogens (tertiary/aromatic N) is 2. The van der Waals surface area contributed by atoms with Crippen molar-refractivity contribution in [3.05, 3.63) is 64.4 Å². The number of hydrogen-bond donors (Lipinski definition) is 3. The number of carbonyl (C=O) groups excluding carboxylic acids is 1. The van der Waals surface area contributed by atoms with E-state index in [1.165, 1.54) is 6.33 Å². The number of nitrogens with two attached hydrogens (primary N) is 1. The molecule has 0 amide bonds. The first-order valence-corrected chi connectivity index (χ1v) is 9.10. The van der Waals surface area contributed by atoms with Crippen LogP contribution in [0.1, 0.15) is 17.3 Å². The topological polar surface area (TPSA) is 102 Å². The van der Waals surface area contributed by atoms with Crippen LogP contribution in [0.3, 0.4) is 0 Å². The molecule has 3 rings (SSSR count). The van der Waals surface area contributed by atoms with Crippen LogP contribution in [0.5, 0.6) is 0 Å². The predicted octanol–water partition coefficient (Wildman–Crippen LogP) is 5.03. The molecular formula is C19H17Cl2N5O2. The second kappa shape index (κ2) is 8.77.